The van der Waals surface area contributed by atoms with Crippen molar-refractivity contribution >= 4 is 23.5 Å². The number of aromatic nitrogens is 2. The Morgan fingerprint density at radius 1 is 1.25 bits per heavy atom. The Morgan fingerprint density at radius 2 is 1.95 bits per heavy atom. The maximum atomic E-state index is 12.0. The first-order chi connectivity index (χ1) is 9.67. The Labute approximate surface area is 123 Å². The van der Waals surface area contributed by atoms with E-state index in [9.17, 15) is 4.79 Å². The van der Waals surface area contributed by atoms with Gasteiger partial charge in [-0.25, -0.2) is 9.97 Å². The predicted molar refractivity (Wildman–Crippen MR) is 80.1 cm³/mol. The van der Waals surface area contributed by atoms with E-state index in [-0.39, 0.29) is 0 Å². The summed E-state index contributed by atoms with van der Waals surface area (Å²) in [7, 11) is 0. The van der Waals surface area contributed by atoms with E-state index in [1.54, 1.807) is 11.8 Å². The summed E-state index contributed by atoms with van der Waals surface area (Å²) in [5, 5.41) is 0.816. The third-order valence-corrected chi connectivity index (χ3v) is 4.39. The molecule has 1 amide bonds. The fraction of sp³-hybridized carbons (Fsp3) is 0.643. The molecule has 0 bridgehead atoms. The molecule has 1 aromatic heterocycles. The number of amides is 1. The fourth-order valence-electron chi connectivity index (χ4n) is 2.52. The Morgan fingerprint density at radius 3 is 2.55 bits per heavy atom. The Bertz CT molecular complexity index is 510. The fourth-order valence-corrected chi connectivity index (χ4v) is 2.94. The largest absolute Gasteiger partial charge is 0.353 e. The minimum Gasteiger partial charge on any atom is -0.353 e. The molecule has 2 aliphatic rings. The Balaban J connectivity index is 1.65. The number of hydrogen-bond donors (Lipinski definition) is 0. The zero-order valence-electron chi connectivity index (χ0n) is 12.0. The molecule has 20 heavy (non-hydrogen) atoms. The summed E-state index contributed by atoms with van der Waals surface area (Å²) in [6.45, 7) is 5.35. The molecule has 0 spiro atoms. The van der Waals surface area contributed by atoms with Crippen LogP contribution in [0, 0.1) is 12.8 Å². The van der Waals surface area contributed by atoms with Crippen molar-refractivity contribution in [2.75, 3.05) is 37.3 Å². The number of anilines is 1. The molecule has 1 aromatic rings. The van der Waals surface area contributed by atoms with Gasteiger partial charge in [-0.3, -0.25) is 4.79 Å². The summed E-state index contributed by atoms with van der Waals surface area (Å²) in [4.78, 5) is 25.3. The van der Waals surface area contributed by atoms with E-state index in [2.05, 4.69) is 14.9 Å². The van der Waals surface area contributed by atoms with Crippen molar-refractivity contribution in [2.45, 2.75) is 24.9 Å². The minimum atomic E-state index is 0.325. The van der Waals surface area contributed by atoms with Crippen LogP contribution in [-0.2, 0) is 4.79 Å². The summed E-state index contributed by atoms with van der Waals surface area (Å²) >= 11 is 1.57. The van der Waals surface area contributed by atoms with Crippen LogP contribution < -0.4 is 4.90 Å². The van der Waals surface area contributed by atoms with E-state index in [0.29, 0.717) is 11.8 Å². The van der Waals surface area contributed by atoms with Crippen molar-refractivity contribution in [2.24, 2.45) is 5.92 Å². The lowest BCUT2D eigenvalue weighted by atomic mass is 10.2. The number of thioether (sulfide) groups is 1. The zero-order valence-corrected chi connectivity index (χ0v) is 12.8. The van der Waals surface area contributed by atoms with Gasteiger partial charge in [-0.05, 0) is 26.0 Å². The second-order valence-electron chi connectivity index (χ2n) is 5.44. The molecule has 0 atom stereocenters. The zero-order chi connectivity index (χ0) is 14.1. The Kier molecular flexibility index (Phi) is 3.83. The maximum absolute atomic E-state index is 12.0. The van der Waals surface area contributed by atoms with E-state index in [1.807, 2.05) is 24.1 Å². The van der Waals surface area contributed by atoms with E-state index in [4.69, 9.17) is 0 Å². The monoisotopic (exact) mass is 292 g/mol. The number of piperazine rings is 1. The van der Waals surface area contributed by atoms with Crippen LogP contribution in [-0.4, -0.2) is 53.2 Å². The highest BCUT2D eigenvalue weighted by molar-refractivity contribution is 7.98. The number of hydrogen-bond acceptors (Lipinski definition) is 5. The molecule has 0 unspecified atom stereocenters. The van der Waals surface area contributed by atoms with Crippen molar-refractivity contribution in [1.82, 2.24) is 14.9 Å². The summed E-state index contributed by atoms with van der Waals surface area (Å²) < 4.78 is 0. The normalized spacial score (nSPS) is 19.3. The molecular formula is C14H20N4OS. The standard InChI is InChI=1S/C14H20N4OS/c1-10-9-12(16-14(15-10)20-2)17-5-7-18(8-6-17)13(19)11-3-4-11/h9,11H,3-8H2,1-2H3. The van der Waals surface area contributed by atoms with Gasteiger partial charge < -0.3 is 9.80 Å². The molecule has 1 aliphatic carbocycles. The van der Waals surface area contributed by atoms with E-state index >= 15 is 0 Å². The van der Waals surface area contributed by atoms with E-state index in [1.165, 1.54) is 0 Å². The number of rotatable bonds is 3. The van der Waals surface area contributed by atoms with Crippen molar-refractivity contribution in [1.29, 1.82) is 0 Å². The van der Waals surface area contributed by atoms with Crippen LogP contribution in [0.15, 0.2) is 11.2 Å². The maximum Gasteiger partial charge on any atom is 0.225 e. The van der Waals surface area contributed by atoms with Gasteiger partial charge in [0, 0.05) is 43.9 Å². The first kappa shape index (κ1) is 13.7. The van der Waals surface area contributed by atoms with Gasteiger partial charge in [0.05, 0.1) is 0 Å². The molecule has 0 aromatic carbocycles. The topological polar surface area (TPSA) is 49.3 Å². The van der Waals surface area contributed by atoms with Gasteiger partial charge in [0.25, 0.3) is 0 Å². The van der Waals surface area contributed by atoms with Crippen LogP contribution in [0.1, 0.15) is 18.5 Å². The van der Waals surface area contributed by atoms with Crippen LogP contribution in [0.4, 0.5) is 5.82 Å². The molecule has 1 aliphatic heterocycles. The van der Waals surface area contributed by atoms with Crippen LogP contribution in [0.3, 0.4) is 0 Å². The van der Waals surface area contributed by atoms with Crippen molar-refractivity contribution in [3.05, 3.63) is 11.8 Å². The highest BCUT2D eigenvalue weighted by atomic mass is 32.2. The average molecular weight is 292 g/mol. The lowest BCUT2D eigenvalue weighted by Gasteiger charge is -2.35. The quantitative estimate of drug-likeness (QED) is 0.625. The van der Waals surface area contributed by atoms with Crippen LogP contribution >= 0.6 is 11.8 Å². The van der Waals surface area contributed by atoms with E-state index < -0.39 is 0 Å². The molecule has 3 rings (SSSR count). The SMILES string of the molecule is CSc1nc(C)cc(N2CCN(C(=O)C3CC3)CC2)n1. The van der Waals surface area contributed by atoms with Gasteiger partial charge in [-0.15, -0.1) is 0 Å². The number of aryl methyl sites for hydroxylation is 1. The first-order valence-electron chi connectivity index (χ1n) is 7.11. The van der Waals surface area contributed by atoms with E-state index in [0.717, 1.165) is 55.7 Å². The smallest absolute Gasteiger partial charge is 0.225 e. The molecule has 0 radical (unpaired) electrons. The average Bonchev–Trinajstić information content (AvgIpc) is 3.30. The predicted octanol–water partition coefficient (Wildman–Crippen LogP) is 1.57. The van der Waals surface area contributed by atoms with Gasteiger partial charge in [0.2, 0.25) is 5.91 Å². The molecule has 0 N–H and O–H groups in total. The Hall–Kier alpha value is -1.30. The first-order valence-corrected chi connectivity index (χ1v) is 8.33. The second kappa shape index (κ2) is 5.60. The van der Waals surface area contributed by atoms with Gasteiger partial charge >= 0.3 is 0 Å². The third-order valence-electron chi connectivity index (χ3n) is 3.84. The summed E-state index contributed by atoms with van der Waals surface area (Å²) in [6.07, 6.45) is 4.16. The molecular weight excluding hydrogens is 272 g/mol. The van der Waals surface area contributed by atoms with Gasteiger partial charge in [-0.1, -0.05) is 11.8 Å². The molecule has 2 heterocycles. The molecule has 5 nitrogen and oxygen atoms in total. The van der Waals surface area contributed by atoms with Crippen molar-refractivity contribution in [3.63, 3.8) is 0 Å². The molecule has 2 fully saturated rings. The molecule has 1 saturated heterocycles. The van der Waals surface area contributed by atoms with Crippen LogP contribution in [0.2, 0.25) is 0 Å². The van der Waals surface area contributed by atoms with Crippen molar-refractivity contribution in [3.8, 4) is 0 Å². The summed E-state index contributed by atoms with van der Waals surface area (Å²) in [6, 6.07) is 2.03. The number of nitrogens with zero attached hydrogens (tertiary/aromatic N) is 4. The highest BCUT2D eigenvalue weighted by Gasteiger charge is 2.34. The van der Waals surface area contributed by atoms with Crippen LogP contribution in [0.5, 0.6) is 0 Å². The second-order valence-corrected chi connectivity index (χ2v) is 6.21. The summed E-state index contributed by atoms with van der Waals surface area (Å²) in [5.41, 5.74) is 0.996. The lowest BCUT2D eigenvalue weighted by Crippen LogP contribution is -2.49. The lowest BCUT2D eigenvalue weighted by molar-refractivity contribution is -0.132. The van der Waals surface area contributed by atoms with Gasteiger partial charge in [0.15, 0.2) is 5.16 Å². The number of carbonyl (C=O) groups excluding carboxylic acids is 1. The third kappa shape index (κ3) is 2.90. The van der Waals surface area contributed by atoms with Crippen LogP contribution in [0.25, 0.3) is 0 Å². The molecule has 1 saturated carbocycles. The minimum absolute atomic E-state index is 0.325. The highest BCUT2D eigenvalue weighted by Crippen LogP contribution is 2.31. The van der Waals surface area contributed by atoms with Gasteiger partial charge in [-0.2, -0.15) is 0 Å². The number of carbonyl (C=O) groups is 1. The van der Waals surface area contributed by atoms with Gasteiger partial charge in [0.1, 0.15) is 5.82 Å². The molecule has 108 valence electrons. The summed E-state index contributed by atoms with van der Waals surface area (Å²) in [5.74, 6) is 1.67. The van der Waals surface area contributed by atoms with Crippen molar-refractivity contribution < 1.29 is 4.79 Å². The molecule has 6 heteroatoms.